The quantitative estimate of drug-likeness (QED) is 0.714. The van der Waals surface area contributed by atoms with Crippen LogP contribution >= 0.6 is 0 Å². The van der Waals surface area contributed by atoms with Crippen molar-refractivity contribution >= 4 is 11.6 Å². The van der Waals surface area contributed by atoms with Crippen LogP contribution in [0.2, 0.25) is 0 Å². The number of carbonyl (C=O) groups is 1. The fraction of sp³-hybridized carbons (Fsp3) is 0.182. The fourth-order valence-corrected chi connectivity index (χ4v) is 2.78. The Balaban J connectivity index is 1.80. The van der Waals surface area contributed by atoms with Crippen LogP contribution in [0.4, 0.5) is 5.69 Å². The van der Waals surface area contributed by atoms with Crippen LogP contribution in [0, 0.1) is 13.8 Å². The van der Waals surface area contributed by atoms with Gasteiger partial charge in [0.15, 0.2) is 0 Å². The molecular formula is C22H22N2O4. The number of amides is 1. The molecule has 6 heteroatoms. The molecule has 0 spiro atoms. The summed E-state index contributed by atoms with van der Waals surface area (Å²) in [4.78, 5) is 30.9. The highest BCUT2D eigenvalue weighted by atomic mass is 16.7. The second kappa shape index (κ2) is 8.43. The van der Waals surface area contributed by atoms with E-state index in [1.54, 1.807) is 30.3 Å². The molecule has 0 bridgehead atoms. The van der Waals surface area contributed by atoms with Crippen LogP contribution in [-0.2, 0) is 6.61 Å². The molecule has 0 unspecified atom stereocenters. The number of nitrogens with zero attached hydrogens (tertiary/aromatic N) is 1. The lowest BCUT2D eigenvalue weighted by Gasteiger charge is -2.13. The van der Waals surface area contributed by atoms with Crippen molar-refractivity contribution < 1.29 is 14.4 Å². The summed E-state index contributed by atoms with van der Waals surface area (Å²) >= 11 is 0. The smallest absolute Gasteiger partial charge is 0.295 e. The second-order valence-corrected chi connectivity index (χ2v) is 6.41. The summed E-state index contributed by atoms with van der Waals surface area (Å²) in [5.41, 5.74) is 3.11. The molecule has 1 heterocycles. The van der Waals surface area contributed by atoms with Crippen molar-refractivity contribution in [3.05, 3.63) is 93.4 Å². The van der Waals surface area contributed by atoms with Crippen molar-refractivity contribution in [3.63, 3.8) is 0 Å². The maximum absolute atomic E-state index is 12.7. The third kappa shape index (κ3) is 4.23. The number of methoxy groups -OCH3 is 1. The molecular weight excluding hydrogens is 356 g/mol. The minimum absolute atomic E-state index is 0.0191. The number of carbonyl (C=O) groups excluding carboxylic acids is 1. The van der Waals surface area contributed by atoms with E-state index in [4.69, 9.17) is 9.57 Å². The van der Waals surface area contributed by atoms with Gasteiger partial charge < -0.3 is 14.9 Å². The first kappa shape index (κ1) is 19.2. The monoisotopic (exact) mass is 378 g/mol. The van der Waals surface area contributed by atoms with Gasteiger partial charge in [0.05, 0.1) is 12.8 Å². The number of nitrogens with one attached hydrogen (secondary N) is 1. The number of ether oxygens (including phenoxy) is 1. The maximum Gasteiger partial charge on any atom is 0.295 e. The Morgan fingerprint density at radius 1 is 1.07 bits per heavy atom. The highest BCUT2D eigenvalue weighted by Gasteiger charge is 2.15. The highest BCUT2D eigenvalue weighted by molar-refractivity contribution is 6.04. The summed E-state index contributed by atoms with van der Waals surface area (Å²) in [5, 5.41) is 2.70. The summed E-state index contributed by atoms with van der Waals surface area (Å²) in [6, 6.07) is 16.1. The summed E-state index contributed by atoms with van der Waals surface area (Å²) in [6.07, 6.45) is 1.49. The second-order valence-electron chi connectivity index (χ2n) is 6.41. The molecule has 3 rings (SSSR count). The maximum atomic E-state index is 12.7. The molecule has 28 heavy (non-hydrogen) atoms. The van der Waals surface area contributed by atoms with Gasteiger partial charge in [0, 0.05) is 6.20 Å². The number of aryl methyl sites for hydroxylation is 2. The largest absolute Gasteiger partial charge is 0.495 e. The van der Waals surface area contributed by atoms with Crippen LogP contribution in [0.5, 0.6) is 5.75 Å². The van der Waals surface area contributed by atoms with E-state index in [2.05, 4.69) is 5.32 Å². The number of rotatable bonds is 6. The first-order valence-electron chi connectivity index (χ1n) is 8.85. The van der Waals surface area contributed by atoms with Crippen molar-refractivity contribution in [2.24, 2.45) is 0 Å². The van der Waals surface area contributed by atoms with Gasteiger partial charge in [-0.05, 0) is 49.2 Å². The lowest BCUT2D eigenvalue weighted by atomic mass is 10.1. The Hall–Kier alpha value is -3.54. The van der Waals surface area contributed by atoms with E-state index in [1.165, 1.54) is 19.4 Å². The number of aromatic nitrogens is 1. The molecule has 1 N–H and O–H groups in total. The average molecular weight is 378 g/mol. The van der Waals surface area contributed by atoms with E-state index in [9.17, 15) is 9.59 Å². The minimum atomic E-state index is -0.529. The summed E-state index contributed by atoms with van der Waals surface area (Å²) in [6.45, 7) is 4.21. The van der Waals surface area contributed by atoms with Crippen LogP contribution in [0.1, 0.15) is 27.0 Å². The molecule has 0 fully saturated rings. The molecule has 0 radical (unpaired) electrons. The molecule has 144 valence electrons. The van der Waals surface area contributed by atoms with Gasteiger partial charge in [-0.25, -0.2) is 0 Å². The third-order valence-corrected chi connectivity index (χ3v) is 4.38. The summed E-state index contributed by atoms with van der Waals surface area (Å²) < 4.78 is 6.30. The standard InChI is InChI=1S/C22H22N2O4/c1-15-10-11-16(2)17(13-15)14-28-24-12-6-7-18(22(24)26)21(25)23-19-8-4-5-9-20(19)27-3/h4-13H,14H2,1-3H3,(H,23,25). The number of hydrogen-bond acceptors (Lipinski definition) is 4. The zero-order valence-electron chi connectivity index (χ0n) is 16.1. The SMILES string of the molecule is COc1ccccc1NC(=O)c1cccn(OCc2cc(C)ccc2C)c1=O. The van der Waals surface area contributed by atoms with E-state index in [0.717, 1.165) is 21.4 Å². The van der Waals surface area contributed by atoms with E-state index < -0.39 is 11.5 Å². The molecule has 6 nitrogen and oxygen atoms in total. The molecule has 0 saturated carbocycles. The lowest BCUT2D eigenvalue weighted by Crippen LogP contribution is -2.32. The van der Waals surface area contributed by atoms with Crippen LogP contribution in [0.3, 0.4) is 0 Å². The number of anilines is 1. The van der Waals surface area contributed by atoms with Crippen LogP contribution < -0.4 is 20.5 Å². The Kier molecular flexibility index (Phi) is 5.79. The zero-order chi connectivity index (χ0) is 20.1. The van der Waals surface area contributed by atoms with Gasteiger partial charge in [0.2, 0.25) is 0 Å². The molecule has 0 atom stereocenters. The Bertz CT molecular complexity index is 1060. The number of hydrogen-bond donors (Lipinski definition) is 1. The predicted octanol–water partition coefficient (Wildman–Crippen LogP) is 3.35. The van der Waals surface area contributed by atoms with Gasteiger partial charge in [0.25, 0.3) is 11.5 Å². The van der Waals surface area contributed by atoms with Crippen molar-refractivity contribution in [2.75, 3.05) is 12.4 Å². The fourth-order valence-electron chi connectivity index (χ4n) is 2.78. The first-order valence-corrected chi connectivity index (χ1v) is 8.85. The molecule has 3 aromatic rings. The van der Waals surface area contributed by atoms with E-state index >= 15 is 0 Å². The van der Waals surface area contributed by atoms with E-state index in [0.29, 0.717) is 11.4 Å². The van der Waals surface area contributed by atoms with Crippen molar-refractivity contribution in [1.29, 1.82) is 0 Å². The van der Waals surface area contributed by atoms with Crippen molar-refractivity contribution in [1.82, 2.24) is 4.73 Å². The molecule has 0 saturated heterocycles. The Morgan fingerprint density at radius 3 is 2.64 bits per heavy atom. The van der Waals surface area contributed by atoms with E-state index in [-0.39, 0.29) is 12.2 Å². The Morgan fingerprint density at radius 2 is 1.86 bits per heavy atom. The van der Waals surface area contributed by atoms with Gasteiger partial charge in [-0.15, -0.1) is 0 Å². The minimum Gasteiger partial charge on any atom is -0.495 e. The van der Waals surface area contributed by atoms with Crippen molar-refractivity contribution in [2.45, 2.75) is 20.5 Å². The molecule has 0 aliphatic heterocycles. The highest BCUT2D eigenvalue weighted by Crippen LogP contribution is 2.23. The summed E-state index contributed by atoms with van der Waals surface area (Å²) in [7, 11) is 1.52. The normalized spacial score (nSPS) is 10.4. The Labute approximate surface area is 163 Å². The van der Waals surface area contributed by atoms with Crippen LogP contribution in [0.15, 0.2) is 65.6 Å². The summed E-state index contributed by atoms with van der Waals surface area (Å²) in [5.74, 6) is -0.0162. The number of benzene rings is 2. The van der Waals surface area contributed by atoms with Crippen LogP contribution in [-0.4, -0.2) is 17.7 Å². The van der Waals surface area contributed by atoms with Gasteiger partial charge >= 0.3 is 0 Å². The zero-order valence-corrected chi connectivity index (χ0v) is 16.1. The number of pyridine rings is 1. The van der Waals surface area contributed by atoms with Gasteiger partial charge in [-0.2, -0.15) is 4.73 Å². The third-order valence-electron chi connectivity index (χ3n) is 4.38. The van der Waals surface area contributed by atoms with Crippen molar-refractivity contribution in [3.8, 4) is 5.75 Å². The first-order chi connectivity index (χ1) is 13.5. The molecule has 1 amide bonds. The molecule has 2 aromatic carbocycles. The van der Waals surface area contributed by atoms with Gasteiger partial charge in [-0.1, -0.05) is 35.9 Å². The van der Waals surface area contributed by atoms with E-state index in [1.807, 2.05) is 32.0 Å². The van der Waals surface area contributed by atoms with Gasteiger partial charge in [0.1, 0.15) is 17.9 Å². The molecule has 0 aliphatic rings. The van der Waals surface area contributed by atoms with Gasteiger partial charge in [-0.3, -0.25) is 9.59 Å². The molecule has 1 aromatic heterocycles. The van der Waals surface area contributed by atoms with Crippen LogP contribution in [0.25, 0.3) is 0 Å². The lowest BCUT2D eigenvalue weighted by molar-refractivity contribution is 0.0860. The average Bonchev–Trinajstić information content (AvgIpc) is 2.70. The number of para-hydroxylation sites is 2. The topological polar surface area (TPSA) is 69.6 Å². The molecule has 0 aliphatic carbocycles. The predicted molar refractivity (Wildman–Crippen MR) is 108 cm³/mol.